The van der Waals surface area contributed by atoms with Gasteiger partial charge in [-0.3, -0.25) is 0 Å². The molecule has 0 saturated heterocycles. The molecule has 0 saturated carbocycles. The van der Waals surface area contributed by atoms with Crippen LogP contribution in [0.25, 0.3) is 0 Å². The number of aryl methyl sites for hydroxylation is 1. The van der Waals surface area contributed by atoms with E-state index in [0.717, 1.165) is 11.1 Å². The van der Waals surface area contributed by atoms with E-state index in [4.69, 9.17) is 11.6 Å². The summed E-state index contributed by atoms with van der Waals surface area (Å²) in [6.45, 7) is 2.46. The van der Waals surface area contributed by atoms with Crippen molar-refractivity contribution in [2.24, 2.45) is 0 Å². The van der Waals surface area contributed by atoms with Gasteiger partial charge in [0.05, 0.1) is 6.10 Å². The van der Waals surface area contributed by atoms with Gasteiger partial charge in [0, 0.05) is 17.1 Å². The molecule has 1 unspecified atom stereocenters. The highest BCUT2D eigenvalue weighted by Gasteiger charge is 2.12. The van der Waals surface area contributed by atoms with Crippen molar-refractivity contribution in [2.75, 3.05) is 13.6 Å². The predicted molar refractivity (Wildman–Crippen MR) is 55.1 cm³/mol. The molecule has 1 aromatic rings. The molecule has 0 aliphatic rings. The SMILES string of the molecule is CNCC(O)c1c(C)cccc1Cl. The van der Waals surface area contributed by atoms with Crippen LogP contribution >= 0.6 is 11.6 Å². The fourth-order valence-corrected chi connectivity index (χ4v) is 1.71. The first-order valence-electron chi connectivity index (χ1n) is 4.24. The van der Waals surface area contributed by atoms with Gasteiger partial charge >= 0.3 is 0 Å². The molecule has 0 aromatic heterocycles. The normalized spacial score (nSPS) is 12.9. The Morgan fingerprint density at radius 2 is 2.23 bits per heavy atom. The van der Waals surface area contributed by atoms with Crippen LogP contribution in [0.2, 0.25) is 5.02 Å². The molecule has 1 rings (SSSR count). The minimum absolute atomic E-state index is 0.518. The van der Waals surface area contributed by atoms with Gasteiger partial charge in [0.2, 0.25) is 0 Å². The molecule has 1 aromatic carbocycles. The fourth-order valence-electron chi connectivity index (χ4n) is 1.36. The lowest BCUT2D eigenvalue weighted by Crippen LogP contribution is -2.17. The van der Waals surface area contributed by atoms with Crippen LogP contribution in [0.5, 0.6) is 0 Å². The van der Waals surface area contributed by atoms with Crippen molar-refractivity contribution in [3.63, 3.8) is 0 Å². The Morgan fingerprint density at radius 1 is 1.54 bits per heavy atom. The zero-order valence-electron chi connectivity index (χ0n) is 7.84. The van der Waals surface area contributed by atoms with Crippen LogP contribution in [0.3, 0.4) is 0 Å². The van der Waals surface area contributed by atoms with E-state index in [-0.39, 0.29) is 0 Å². The topological polar surface area (TPSA) is 32.3 Å². The summed E-state index contributed by atoms with van der Waals surface area (Å²) in [4.78, 5) is 0. The molecule has 72 valence electrons. The van der Waals surface area contributed by atoms with Crippen LogP contribution in [0.4, 0.5) is 0 Å². The summed E-state index contributed by atoms with van der Waals surface area (Å²) in [7, 11) is 1.80. The van der Waals surface area contributed by atoms with Crippen LogP contribution in [0.15, 0.2) is 18.2 Å². The van der Waals surface area contributed by atoms with E-state index >= 15 is 0 Å². The number of hydrogen-bond donors (Lipinski definition) is 2. The van der Waals surface area contributed by atoms with Crippen molar-refractivity contribution in [1.82, 2.24) is 5.32 Å². The molecule has 0 spiro atoms. The maximum atomic E-state index is 9.74. The molecule has 0 bridgehead atoms. The Bertz CT molecular complexity index is 268. The molecule has 0 radical (unpaired) electrons. The summed E-state index contributed by atoms with van der Waals surface area (Å²) in [6, 6.07) is 5.62. The minimum atomic E-state index is -0.529. The van der Waals surface area contributed by atoms with Crippen LogP contribution in [-0.4, -0.2) is 18.7 Å². The van der Waals surface area contributed by atoms with E-state index in [1.807, 2.05) is 19.1 Å². The van der Waals surface area contributed by atoms with Crippen molar-refractivity contribution in [3.8, 4) is 0 Å². The Kier molecular flexibility index (Phi) is 3.72. The highest BCUT2D eigenvalue weighted by atomic mass is 35.5. The highest BCUT2D eigenvalue weighted by Crippen LogP contribution is 2.25. The summed E-state index contributed by atoms with van der Waals surface area (Å²) >= 11 is 5.97. The van der Waals surface area contributed by atoms with Crippen molar-refractivity contribution >= 4 is 11.6 Å². The molecule has 0 aliphatic heterocycles. The molecular weight excluding hydrogens is 186 g/mol. The maximum Gasteiger partial charge on any atom is 0.0931 e. The fraction of sp³-hybridized carbons (Fsp3) is 0.400. The lowest BCUT2D eigenvalue weighted by Gasteiger charge is -2.14. The van der Waals surface area contributed by atoms with Crippen LogP contribution in [0, 0.1) is 6.92 Å². The summed E-state index contributed by atoms with van der Waals surface area (Å²) in [5.74, 6) is 0. The van der Waals surface area contributed by atoms with Gasteiger partial charge in [-0.1, -0.05) is 23.7 Å². The standard InChI is InChI=1S/C10H14ClNO/c1-7-4-3-5-8(11)10(7)9(13)6-12-2/h3-5,9,12-13H,6H2,1-2H3. The zero-order chi connectivity index (χ0) is 9.84. The Balaban J connectivity index is 2.98. The second-order valence-corrected chi connectivity index (χ2v) is 3.45. The van der Waals surface area contributed by atoms with Crippen molar-refractivity contribution in [2.45, 2.75) is 13.0 Å². The number of hydrogen-bond acceptors (Lipinski definition) is 2. The molecule has 13 heavy (non-hydrogen) atoms. The van der Waals surface area contributed by atoms with Crippen molar-refractivity contribution in [1.29, 1.82) is 0 Å². The molecule has 0 fully saturated rings. The van der Waals surface area contributed by atoms with Crippen molar-refractivity contribution in [3.05, 3.63) is 34.3 Å². The smallest absolute Gasteiger partial charge is 0.0931 e. The van der Waals surface area contributed by atoms with Crippen LogP contribution in [0.1, 0.15) is 17.2 Å². The monoisotopic (exact) mass is 199 g/mol. The van der Waals surface area contributed by atoms with Gasteiger partial charge in [0.1, 0.15) is 0 Å². The predicted octanol–water partition coefficient (Wildman–Crippen LogP) is 1.90. The lowest BCUT2D eigenvalue weighted by atomic mass is 10.0. The largest absolute Gasteiger partial charge is 0.387 e. The van der Waals surface area contributed by atoms with E-state index in [1.165, 1.54) is 0 Å². The van der Waals surface area contributed by atoms with Gasteiger partial charge in [-0.2, -0.15) is 0 Å². The average Bonchev–Trinajstić information content (AvgIpc) is 2.04. The molecule has 2 N–H and O–H groups in total. The Hall–Kier alpha value is -0.570. The number of halogens is 1. The highest BCUT2D eigenvalue weighted by molar-refractivity contribution is 6.31. The quantitative estimate of drug-likeness (QED) is 0.780. The van der Waals surface area contributed by atoms with Crippen LogP contribution in [-0.2, 0) is 0 Å². The van der Waals surface area contributed by atoms with Crippen molar-refractivity contribution < 1.29 is 5.11 Å². The molecule has 0 heterocycles. The third kappa shape index (κ3) is 2.44. The molecule has 0 aliphatic carbocycles. The maximum absolute atomic E-state index is 9.74. The number of rotatable bonds is 3. The van der Waals surface area contributed by atoms with E-state index in [2.05, 4.69) is 5.32 Å². The van der Waals surface area contributed by atoms with Gasteiger partial charge in [-0.25, -0.2) is 0 Å². The summed E-state index contributed by atoms with van der Waals surface area (Å²) < 4.78 is 0. The van der Waals surface area contributed by atoms with E-state index in [9.17, 15) is 5.11 Å². The number of nitrogens with one attached hydrogen (secondary N) is 1. The third-order valence-corrected chi connectivity index (χ3v) is 2.33. The number of benzene rings is 1. The van der Waals surface area contributed by atoms with E-state index < -0.39 is 6.10 Å². The zero-order valence-corrected chi connectivity index (χ0v) is 8.60. The summed E-state index contributed by atoms with van der Waals surface area (Å²) in [5, 5.41) is 13.3. The molecule has 0 amide bonds. The van der Waals surface area contributed by atoms with Crippen LogP contribution < -0.4 is 5.32 Å². The third-order valence-electron chi connectivity index (χ3n) is 2.00. The van der Waals surface area contributed by atoms with E-state index in [0.29, 0.717) is 11.6 Å². The minimum Gasteiger partial charge on any atom is -0.387 e. The van der Waals surface area contributed by atoms with E-state index in [1.54, 1.807) is 13.1 Å². The number of likely N-dealkylation sites (N-methyl/N-ethyl adjacent to an activating group) is 1. The second kappa shape index (κ2) is 4.61. The first-order valence-corrected chi connectivity index (χ1v) is 4.62. The molecule has 3 heteroatoms. The molecular formula is C10H14ClNO. The average molecular weight is 200 g/mol. The molecule has 1 atom stereocenters. The Morgan fingerprint density at radius 3 is 2.77 bits per heavy atom. The number of aliphatic hydroxyl groups excluding tert-OH is 1. The van der Waals surface area contributed by atoms with Gasteiger partial charge in [0.25, 0.3) is 0 Å². The summed E-state index contributed by atoms with van der Waals surface area (Å²) in [6.07, 6.45) is -0.529. The Labute approximate surface area is 83.5 Å². The first kappa shape index (κ1) is 10.5. The lowest BCUT2D eigenvalue weighted by molar-refractivity contribution is 0.177. The first-order chi connectivity index (χ1) is 6.16. The van der Waals surface area contributed by atoms with Gasteiger partial charge in [-0.05, 0) is 25.6 Å². The number of aliphatic hydroxyl groups is 1. The molecule has 2 nitrogen and oxygen atoms in total. The summed E-state index contributed by atoms with van der Waals surface area (Å²) in [5.41, 5.74) is 1.84. The second-order valence-electron chi connectivity index (χ2n) is 3.04. The van der Waals surface area contributed by atoms with Gasteiger partial charge in [0.15, 0.2) is 0 Å². The van der Waals surface area contributed by atoms with Gasteiger partial charge in [-0.15, -0.1) is 0 Å². The van der Waals surface area contributed by atoms with Gasteiger partial charge < -0.3 is 10.4 Å².